The van der Waals surface area contributed by atoms with E-state index in [1.165, 1.54) is 36.4 Å². The number of sulfone groups is 1. The molecule has 0 saturated heterocycles. The van der Waals surface area contributed by atoms with Crippen molar-refractivity contribution in [2.75, 3.05) is 24.2 Å². The number of aromatic carboxylic acids is 1. The van der Waals surface area contributed by atoms with Gasteiger partial charge in [-0.1, -0.05) is 12.1 Å². The number of rotatable bonds is 10. The third-order valence-corrected chi connectivity index (χ3v) is 5.82. The maximum atomic E-state index is 13.4. The van der Waals surface area contributed by atoms with Crippen molar-refractivity contribution in [1.82, 2.24) is 0 Å². The van der Waals surface area contributed by atoms with E-state index in [0.29, 0.717) is 22.4 Å². The van der Waals surface area contributed by atoms with Crippen molar-refractivity contribution in [2.45, 2.75) is 6.61 Å². The van der Waals surface area contributed by atoms with E-state index in [0.717, 1.165) is 6.26 Å². The number of hydrogen-bond acceptors (Lipinski definition) is 8. The quantitative estimate of drug-likeness (QED) is 0.222. The van der Waals surface area contributed by atoms with Crippen molar-refractivity contribution in [1.29, 1.82) is 5.26 Å². The van der Waals surface area contributed by atoms with Crippen LogP contribution < -0.4 is 10.1 Å². The van der Waals surface area contributed by atoms with Crippen LogP contribution in [0.4, 0.5) is 10.1 Å². The number of furan rings is 1. The molecule has 0 unspecified atom stereocenters. The molecule has 0 amide bonds. The van der Waals surface area contributed by atoms with Gasteiger partial charge in [-0.15, -0.1) is 0 Å². The lowest BCUT2D eigenvalue weighted by atomic mass is 10.0. The van der Waals surface area contributed by atoms with E-state index >= 15 is 0 Å². The van der Waals surface area contributed by atoms with Crippen LogP contribution in [-0.2, 0) is 21.2 Å². The summed E-state index contributed by atoms with van der Waals surface area (Å²) in [6.45, 7) is -0.124. The number of carboxylic acid groups (broad SMARTS) is 1. The predicted octanol–water partition coefficient (Wildman–Crippen LogP) is 4.78. The van der Waals surface area contributed by atoms with Crippen molar-refractivity contribution >= 4 is 32.5 Å². The zero-order chi connectivity index (χ0) is 26.6. The summed E-state index contributed by atoms with van der Waals surface area (Å²) in [5.74, 6) is -1.94. The summed E-state index contributed by atoms with van der Waals surface area (Å²) in [7, 11) is -3.35. The van der Waals surface area contributed by atoms with E-state index in [1.54, 1.807) is 24.3 Å². The van der Waals surface area contributed by atoms with Crippen LogP contribution in [0.5, 0.6) is 5.75 Å². The Kier molecular flexibility index (Phi) is 7.42. The second-order valence-corrected chi connectivity index (χ2v) is 10.2. The highest BCUT2D eigenvalue weighted by Crippen LogP contribution is 2.39. The van der Waals surface area contributed by atoms with Gasteiger partial charge in [0.2, 0.25) is 0 Å². The van der Waals surface area contributed by atoms with E-state index in [1.807, 2.05) is 0 Å². The van der Waals surface area contributed by atoms with E-state index in [-0.39, 0.29) is 41.4 Å². The fourth-order valence-corrected chi connectivity index (χ4v) is 4.00. The number of fused-ring (bicyclic) bond motifs is 1. The summed E-state index contributed by atoms with van der Waals surface area (Å²) in [6, 6.07) is 17.1. The number of benzene rings is 3. The molecule has 0 atom stereocenters. The van der Waals surface area contributed by atoms with Crippen molar-refractivity contribution in [3.8, 4) is 23.1 Å². The Hall–Kier alpha value is -4.40. The highest BCUT2D eigenvalue weighted by atomic mass is 32.2. The number of carbonyl (C=O) groups is 1. The summed E-state index contributed by atoms with van der Waals surface area (Å²) in [6.07, 6.45) is 1.04. The lowest BCUT2D eigenvalue weighted by Gasteiger charge is -2.14. The zero-order valence-corrected chi connectivity index (χ0v) is 20.3. The van der Waals surface area contributed by atoms with Gasteiger partial charge in [-0.05, 0) is 48.0 Å². The molecule has 0 aliphatic heterocycles. The molecule has 0 bridgehead atoms. The van der Waals surface area contributed by atoms with E-state index in [4.69, 9.17) is 19.2 Å². The first-order valence-electron chi connectivity index (χ1n) is 10.9. The van der Waals surface area contributed by atoms with E-state index < -0.39 is 27.6 Å². The van der Waals surface area contributed by atoms with Gasteiger partial charge >= 0.3 is 5.97 Å². The molecule has 0 spiro atoms. The van der Waals surface area contributed by atoms with Crippen LogP contribution in [0.1, 0.15) is 21.5 Å². The first-order valence-corrected chi connectivity index (χ1v) is 12.9. The Morgan fingerprint density at radius 3 is 2.59 bits per heavy atom. The number of hydrogen-bond donors (Lipinski definition) is 2. The van der Waals surface area contributed by atoms with Crippen LogP contribution in [0, 0.1) is 17.1 Å². The molecule has 9 nitrogen and oxygen atoms in total. The van der Waals surface area contributed by atoms with Crippen LogP contribution >= 0.6 is 0 Å². The Balaban J connectivity index is 1.74. The fourth-order valence-electron chi connectivity index (χ4n) is 3.61. The molecule has 0 saturated carbocycles. The molecule has 0 radical (unpaired) electrons. The normalized spacial score (nSPS) is 11.3. The summed E-state index contributed by atoms with van der Waals surface area (Å²) < 4.78 is 53.1. The van der Waals surface area contributed by atoms with Gasteiger partial charge in [0.15, 0.2) is 9.84 Å². The minimum Gasteiger partial charge on any atom is -0.487 e. The lowest BCUT2D eigenvalue weighted by molar-refractivity contribution is 0.0699. The summed E-state index contributed by atoms with van der Waals surface area (Å²) >= 11 is 0. The number of anilines is 1. The van der Waals surface area contributed by atoms with Gasteiger partial charge in [0.05, 0.1) is 17.3 Å². The van der Waals surface area contributed by atoms with E-state index in [2.05, 4.69) is 11.4 Å². The Bertz CT molecular complexity index is 1610. The minimum absolute atomic E-state index is 0.0423. The number of nitriles is 1. The fraction of sp³-hybridized carbons (Fsp3) is 0.154. The molecule has 4 aromatic rings. The van der Waals surface area contributed by atoms with Crippen molar-refractivity contribution < 1.29 is 36.6 Å². The molecular formula is C26H21FN2O7S. The summed E-state index contributed by atoms with van der Waals surface area (Å²) in [4.78, 5) is 12.2. The van der Waals surface area contributed by atoms with Crippen LogP contribution in [0.15, 0.2) is 65.1 Å². The molecular weight excluding hydrogens is 503 g/mol. The first-order chi connectivity index (χ1) is 17.6. The number of carboxylic acids is 1. The van der Waals surface area contributed by atoms with Gasteiger partial charge in [-0.3, -0.25) is 0 Å². The van der Waals surface area contributed by atoms with E-state index in [9.17, 15) is 22.7 Å². The molecule has 11 heteroatoms. The van der Waals surface area contributed by atoms with Gasteiger partial charge in [0.25, 0.3) is 0 Å². The SMILES string of the molecule is CS(=O)(=O)COCNc1cc2oc(-c3ccc(F)cc3)c(C(=O)O)c2cc1OCc1cccc(C#N)c1. The smallest absolute Gasteiger partial charge is 0.340 e. The average Bonchev–Trinajstić information content (AvgIpc) is 3.23. The maximum Gasteiger partial charge on any atom is 0.340 e. The second-order valence-electron chi connectivity index (χ2n) is 8.13. The second kappa shape index (κ2) is 10.7. The Labute approximate surface area is 211 Å². The van der Waals surface area contributed by atoms with Crippen molar-refractivity contribution in [3.63, 3.8) is 0 Å². The number of nitrogens with one attached hydrogen (secondary N) is 1. The third kappa shape index (κ3) is 6.24. The van der Waals surface area contributed by atoms with Gasteiger partial charge in [0, 0.05) is 23.3 Å². The molecule has 3 aromatic carbocycles. The van der Waals surface area contributed by atoms with Crippen molar-refractivity contribution in [2.24, 2.45) is 0 Å². The standard InChI is InChI=1S/C26H21FN2O7S/c1-37(32,33)15-34-14-29-21-11-22-20(10-23(21)35-13-17-4-2-3-16(9-17)12-28)24(26(30)31)25(36-22)18-5-7-19(27)8-6-18/h2-11,29H,13-15H2,1H3,(H,30,31). The minimum atomic E-state index is -3.35. The molecule has 0 aliphatic carbocycles. The Morgan fingerprint density at radius 2 is 1.92 bits per heavy atom. The van der Waals surface area contributed by atoms with Crippen LogP contribution in [0.2, 0.25) is 0 Å². The lowest BCUT2D eigenvalue weighted by Crippen LogP contribution is -2.13. The molecule has 4 rings (SSSR count). The topological polar surface area (TPSA) is 139 Å². The van der Waals surface area contributed by atoms with Crippen LogP contribution in [-0.4, -0.2) is 38.4 Å². The third-order valence-electron chi connectivity index (χ3n) is 5.22. The largest absolute Gasteiger partial charge is 0.487 e. The van der Waals surface area contributed by atoms with Crippen molar-refractivity contribution in [3.05, 3.63) is 83.2 Å². The molecule has 37 heavy (non-hydrogen) atoms. The van der Waals surface area contributed by atoms with Gasteiger partial charge in [-0.25, -0.2) is 17.6 Å². The maximum absolute atomic E-state index is 13.4. The summed E-state index contributed by atoms with van der Waals surface area (Å²) in [5.41, 5.74) is 1.97. The van der Waals surface area contributed by atoms with Gasteiger partial charge in [-0.2, -0.15) is 5.26 Å². The number of halogens is 1. The van der Waals surface area contributed by atoms with Gasteiger partial charge in [0.1, 0.15) is 47.8 Å². The highest BCUT2D eigenvalue weighted by Gasteiger charge is 2.24. The average molecular weight is 525 g/mol. The number of ether oxygens (including phenoxy) is 2. The van der Waals surface area contributed by atoms with Crippen LogP contribution in [0.3, 0.4) is 0 Å². The van der Waals surface area contributed by atoms with Crippen LogP contribution in [0.25, 0.3) is 22.3 Å². The molecule has 2 N–H and O–H groups in total. The summed E-state index contributed by atoms with van der Waals surface area (Å²) in [5, 5.41) is 22.2. The zero-order valence-electron chi connectivity index (χ0n) is 19.5. The molecule has 0 aliphatic rings. The van der Waals surface area contributed by atoms with Gasteiger partial charge < -0.3 is 24.3 Å². The molecule has 1 aromatic heterocycles. The monoisotopic (exact) mass is 524 g/mol. The Morgan fingerprint density at radius 1 is 1.16 bits per heavy atom. The first kappa shape index (κ1) is 25.7. The molecule has 190 valence electrons. The number of nitrogens with zero attached hydrogens (tertiary/aromatic N) is 1. The molecule has 1 heterocycles. The highest BCUT2D eigenvalue weighted by molar-refractivity contribution is 7.90. The predicted molar refractivity (Wildman–Crippen MR) is 133 cm³/mol. The molecule has 0 fully saturated rings.